The van der Waals surface area contributed by atoms with Crippen LogP contribution in [0, 0.1) is 11.8 Å². The molecule has 3 aliphatic heterocycles. The van der Waals surface area contributed by atoms with Gasteiger partial charge in [-0.15, -0.1) is 0 Å². The van der Waals surface area contributed by atoms with Gasteiger partial charge < -0.3 is 29.1 Å². The number of aromatic nitrogens is 4. The number of nitrogens with zero attached hydrogens (tertiary/aromatic N) is 6. The zero-order valence-electron chi connectivity index (χ0n) is 23.6. The molecule has 40 heavy (non-hydrogen) atoms. The molecule has 3 aromatic rings. The van der Waals surface area contributed by atoms with Crippen LogP contribution in [0.3, 0.4) is 0 Å². The number of benzene rings is 1. The Morgan fingerprint density at radius 2 is 1.93 bits per heavy atom. The van der Waals surface area contributed by atoms with E-state index in [1.54, 1.807) is 12.0 Å². The number of methoxy groups -OCH3 is 1. The van der Waals surface area contributed by atoms with Crippen molar-refractivity contribution in [2.45, 2.75) is 57.9 Å². The van der Waals surface area contributed by atoms with Gasteiger partial charge in [-0.25, -0.2) is 14.8 Å². The number of aliphatic hydroxyl groups is 1. The van der Waals surface area contributed by atoms with Crippen molar-refractivity contribution in [3.8, 4) is 17.0 Å². The molecular formula is C29H38N6O5. The number of carbonyl (C=O) groups excluding carboxylic acids is 1. The highest BCUT2D eigenvalue weighted by Gasteiger charge is 2.50. The van der Waals surface area contributed by atoms with E-state index < -0.39 is 5.60 Å². The van der Waals surface area contributed by atoms with Crippen LogP contribution in [0.15, 0.2) is 30.6 Å². The standard InChI is InChI=1S/C29H38N6O5/c1-29(2,3)40-28(37)34-14-19-13-33(15-21(19)22(34)16-36)27-31-24(18-8-10-20(38-4)11-9-18)25-26(32-27)35(17-30-25)23-7-5-6-12-39-23/h8-11,17,19,21-23,36H,5-7,12-16H2,1-4H3. The Bertz CT molecular complexity index is 1360. The van der Waals surface area contributed by atoms with Crippen molar-refractivity contribution in [3.05, 3.63) is 30.6 Å². The second-order valence-electron chi connectivity index (χ2n) is 12.0. The van der Waals surface area contributed by atoms with E-state index >= 15 is 0 Å². The average Bonchev–Trinajstić information content (AvgIpc) is 3.65. The molecule has 1 aromatic carbocycles. The Labute approximate surface area is 234 Å². The van der Waals surface area contributed by atoms with Gasteiger partial charge in [-0.1, -0.05) is 0 Å². The summed E-state index contributed by atoms with van der Waals surface area (Å²) >= 11 is 0. The van der Waals surface area contributed by atoms with Gasteiger partial charge in [-0.3, -0.25) is 4.57 Å². The van der Waals surface area contributed by atoms with E-state index in [9.17, 15) is 9.90 Å². The SMILES string of the molecule is COc1ccc(-c2nc(N3CC4CN(C(=O)OC(C)(C)C)C(CO)C4C3)nc3c2ncn3C2CCCCO2)cc1. The number of aliphatic hydroxyl groups excluding tert-OH is 1. The number of hydrogen-bond acceptors (Lipinski definition) is 9. The maximum absolute atomic E-state index is 12.9. The van der Waals surface area contributed by atoms with Gasteiger partial charge in [0.15, 0.2) is 5.65 Å². The number of rotatable bonds is 5. The Kier molecular flexibility index (Phi) is 7.03. The van der Waals surface area contributed by atoms with Crippen molar-refractivity contribution in [2.24, 2.45) is 11.8 Å². The number of amides is 1. The Morgan fingerprint density at radius 3 is 2.60 bits per heavy atom. The molecule has 6 rings (SSSR count). The number of imidazole rings is 1. The summed E-state index contributed by atoms with van der Waals surface area (Å²) in [5, 5.41) is 10.3. The third-order valence-corrected chi connectivity index (χ3v) is 8.15. The molecule has 1 N–H and O–H groups in total. The normalized spacial score (nSPS) is 24.9. The second kappa shape index (κ2) is 10.5. The van der Waals surface area contributed by atoms with Crippen LogP contribution in [0.1, 0.15) is 46.3 Å². The maximum Gasteiger partial charge on any atom is 0.410 e. The van der Waals surface area contributed by atoms with Crippen molar-refractivity contribution in [1.29, 1.82) is 0 Å². The third-order valence-electron chi connectivity index (χ3n) is 8.15. The zero-order valence-corrected chi connectivity index (χ0v) is 23.6. The minimum atomic E-state index is -0.590. The number of fused-ring (bicyclic) bond motifs is 2. The summed E-state index contributed by atoms with van der Waals surface area (Å²) in [6.45, 7) is 8.02. The van der Waals surface area contributed by atoms with Gasteiger partial charge in [0.1, 0.15) is 28.8 Å². The molecule has 0 aliphatic carbocycles. The molecule has 3 saturated heterocycles. The quantitative estimate of drug-likeness (QED) is 0.506. The van der Waals surface area contributed by atoms with Crippen LogP contribution in [-0.4, -0.2) is 87.2 Å². The van der Waals surface area contributed by atoms with Crippen molar-refractivity contribution in [1.82, 2.24) is 24.4 Å². The second-order valence-corrected chi connectivity index (χ2v) is 12.0. The highest BCUT2D eigenvalue weighted by Crippen LogP contribution is 2.39. The van der Waals surface area contributed by atoms with Gasteiger partial charge in [0.05, 0.1) is 26.1 Å². The summed E-state index contributed by atoms with van der Waals surface area (Å²) in [4.78, 5) is 31.6. The highest BCUT2D eigenvalue weighted by atomic mass is 16.6. The predicted molar refractivity (Wildman–Crippen MR) is 149 cm³/mol. The Hall–Kier alpha value is -3.44. The topological polar surface area (TPSA) is 115 Å². The molecule has 11 nitrogen and oxygen atoms in total. The van der Waals surface area contributed by atoms with Crippen LogP contribution in [0.2, 0.25) is 0 Å². The number of hydrogen-bond donors (Lipinski definition) is 1. The Balaban J connectivity index is 1.34. The van der Waals surface area contributed by atoms with Crippen LogP contribution in [0.5, 0.6) is 5.75 Å². The lowest BCUT2D eigenvalue weighted by Gasteiger charge is -2.30. The van der Waals surface area contributed by atoms with Gasteiger partial charge >= 0.3 is 6.09 Å². The van der Waals surface area contributed by atoms with Crippen molar-refractivity contribution in [2.75, 3.05) is 44.9 Å². The van der Waals surface area contributed by atoms with Gasteiger partial charge in [0.25, 0.3) is 0 Å². The summed E-state index contributed by atoms with van der Waals surface area (Å²) in [7, 11) is 1.65. The molecule has 214 valence electrons. The van der Waals surface area contributed by atoms with Crippen LogP contribution in [0.4, 0.5) is 10.7 Å². The van der Waals surface area contributed by atoms with Crippen molar-refractivity contribution >= 4 is 23.2 Å². The molecule has 11 heteroatoms. The lowest BCUT2D eigenvalue weighted by Crippen LogP contribution is -2.45. The first-order chi connectivity index (χ1) is 19.3. The summed E-state index contributed by atoms with van der Waals surface area (Å²) in [5.74, 6) is 1.66. The van der Waals surface area contributed by atoms with Crippen LogP contribution < -0.4 is 9.64 Å². The average molecular weight is 551 g/mol. The largest absolute Gasteiger partial charge is 0.497 e. The molecular weight excluding hydrogens is 512 g/mol. The molecule has 1 amide bonds. The first-order valence-electron chi connectivity index (χ1n) is 14.1. The molecule has 2 aromatic heterocycles. The lowest BCUT2D eigenvalue weighted by molar-refractivity contribution is -0.0298. The summed E-state index contributed by atoms with van der Waals surface area (Å²) < 4.78 is 19.1. The van der Waals surface area contributed by atoms with E-state index in [4.69, 9.17) is 29.2 Å². The monoisotopic (exact) mass is 550 g/mol. The summed E-state index contributed by atoms with van der Waals surface area (Å²) in [6.07, 6.45) is 4.40. The van der Waals surface area contributed by atoms with Crippen LogP contribution >= 0.6 is 0 Å². The number of ether oxygens (including phenoxy) is 3. The smallest absolute Gasteiger partial charge is 0.410 e. The number of anilines is 1. The fourth-order valence-electron chi connectivity index (χ4n) is 6.22. The summed E-state index contributed by atoms with van der Waals surface area (Å²) in [5.41, 5.74) is 2.56. The van der Waals surface area contributed by atoms with Gasteiger partial charge in [0.2, 0.25) is 5.95 Å². The minimum absolute atomic E-state index is 0.0906. The summed E-state index contributed by atoms with van der Waals surface area (Å²) in [6, 6.07) is 7.50. The molecule has 3 aliphatic rings. The zero-order chi connectivity index (χ0) is 28.0. The highest BCUT2D eigenvalue weighted by molar-refractivity contribution is 5.88. The van der Waals surface area contributed by atoms with Crippen molar-refractivity contribution in [3.63, 3.8) is 0 Å². The van der Waals surface area contributed by atoms with Gasteiger partial charge in [-0.2, -0.15) is 4.98 Å². The molecule has 0 bridgehead atoms. The maximum atomic E-state index is 12.9. The van der Waals surface area contributed by atoms with E-state index in [0.29, 0.717) is 25.6 Å². The third kappa shape index (κ3) is 4.96. The Morgan fingerprint density at radius 1 is 1.12 bits per heavy atom. The van der Waals surface area contributed by atoms with Crippen molar-refractivity contribution < 1.29 is 24.1 Å². The van der Waals surface area contributed by atoms with E-state index in [-0.39, 0.29) is 36.8 Å². The number of likely N-dealkylation sites (tertiary alicyclic amines) is 1. The molecule has 0 saturated carbocycles. The fourth-order valence-corrected chi connectivity index (χ4v) is 6.22. The first-order valence-corrected chi connectivity index (χ1v) is 14.1. The molecule has 4 atom stereocenters. The lowest BCUT2D eigenvalue weighted by atomic mass is 9.95. The molecule has 3 fully saturated rings. The van der Waals surface area contributed by atoms with Gasteiger partial charge in [0, 0.05) is 43.6 Å². The van der Waals surface area contributed by atoms with Gasteiger partial charge in [-0.05, 0) is 64.3 Å². The first kappa shape index (κ1) is 26.8. The van der Waals surface area contributed by atoms with E-state index in [0.717, 1.165) is 54.0 Å². The molecule has 0 spiro atoms. The van der Waals surface area contributed by atoms with E-state index in [1.165, 1.54) is 0 Å². The van der Waals surface area contributed by atoms with Crippen LogP contribution in [-0.2, 0) is 9.47 Å². The van der Waals surface area contributed by atoms with E-state index in [2.05, 4.69) is 4.90 Å². The molecule has 5 heterocycles. The fraction of sp³-hybridized carbons (Fsp3) is 0.586. The predicted octanol–water partition coefficient (Wildman–Crippen LogP) is 3.87. The molecule has 4 unspecified atom stereocenters. The number of carbonyl (C=O) groups is 1. The molecule has 0 radical (unpaired) electrons. The minimum Gasteiger partial charge on any atom is -0.497 e. The van der Waals surface area contributed by atoms with E-state index in [1.807, 2.05) is 55.9 Å². The van der Waals surface area contributed by atoms with Crippen LogP contribution in [0.25, 0.3) is 22.4 Å².